The Balaban J connectivity index is 1.40. The number of aromatic nitrogens is 2. The molecule has 2 aromatic rings. The van der Waals surface area contributed by atoms with E-state index < -0.39 is 0 Å². The van der Waals surface area contributed by atoms with Crippen LogP contribution in [0.3, 0.4) is 0 Å². The number of aliphatic imine (C=N–C) groups is 1. The van der Waals surface area contributed by atoms with E-state index in [4.69, 9.17) is 9.98 Å². The summed E-state index contributed by atoms with van der Waals surface area (Å²) >= 11 is 3.73. The molecule has 0 radical (unpaired) electrons. The van der Waals surface area contributed by atoms with Crippen molar-refractivity contribution < 1.29 is 0 Å². The van der Waals surface area contributed by atoms with Crippen LogP contribution < -0.4 is 10.6 Å². The monoisotopic (exact) mass is 405 g/mol. The van der Waals surface area contributed by atoms with Crippen LogP contribution in [0.4, 0.5) is 0 Å². The molecule has 148 valence electrons. The van der Waals surface area contributed by atoms with E-state index in [0.29, 0.717) is 0 Å². The van der Waals surface area contributed by atoms with E-state index in [-0.39, 0.29) is 0 Å². The largest absolute Gasteiger partial charge is 0.357 e. The Morgan fingerprint density at radius 1 is 1.11 bits per heavy atom. The lowest BCUT2D eigenvalue weighted by atomic mass is 10.0. The highest BCUT2D eigenvalue weighted by Crippen LogP contribution is 2.27. The van der Waals surface area contributed by atoms with Gasteiger partial charge in [-0.25, -0.2) is 9.97 Å². The molecule has 0 bridgehead atoms. The van der Waals surface area contributed by atoms with E-state index in [1.807, 2.05) is 28.9 Å². The van der Waals surface area contributed by atoms with Crippen molar-refractivity contribution in [3.63, 3.8) is 0 Å². The van der Waals surface area contributed by atoms with Crippen LogP contribution in [0.2, 0.25) is 0 Å². The molecule has 1 aliphatic rings. The van der Waals surface area contributed by atoms with Crippen LogP contribution in [-0.4, -0.2) is 35.6 Å². The average molecular weight is 406 g/mol. The Morgan fingerprint density at radius 3 is 2.78 bits per heavy atom. The highest BCUT2D eigenvalue weighted by Gasteiger charge is 2.14. The number of guanidine groups is 1. The zero-order chi connectivity index (χ0) is 18.9. The molecule has 0 unspecified atom stereocenters. The number of thiazole rings is 2. The van der Waals surface area contributed by atoms with Crippen molar-refractivity contribution in [1.29, 1.82) is 0 Å². The summed E-state index contributed by atoms with van der Waals surface area (Å²) in [6, 6.07) is 0. The normalized spacial score (nSPS) is 14.2. The number of hydrogen-bond donors (Lipinski definition) is 2. The minimum Gasteiger partial charge on any atom is -0.357 e. The van der Waals surface area contributed by atoms with E-state index >= 15 is 0 Å². The van der Waals surface area contributed by atoms with E-state index in [2.05, 4.69) is 29.5 Å². The fraction of sp³-hybridized carbons (Fsp3) is 0.650. The van der Waals surface area contributed by atoms with Crippen molar-refractivity contribution in [2.24, 2.45) is 4.99 Å². The van der Waals surface area contributed by atoms with Crippen LogP contribution in [-0.2, 0) is 32.1 Å². The van der Waals surface area contributed by atoms with Crippen molar-refractivity contribution >= 4 is 28.6 Å². The van der Waals surface area contributed by atoms with Crippen molar-refractivity contribution in [1.82, 2.24) is 20.6 Å². The smallest absolute Gasteiger partial charge is 0.191 e. The maximum atomic E-state index is 4.83. The SMILES string of the molecule is CCNC(=NCCCc1nc2c(s1)CCCC2)NCCc1ncc(CC)s1. The first-order chi connectivity index (χ1) is 13.3. The molecule has 0 saturated carbocycles. The summed E-state index contributed by atoms with van der Waals surface area (Å²) in [6.45, 7) is 6.85. The fourth-order valence-electron chi connectivity index (χ4n) is 3.19. The first-order valence-electron chi connectivity index (χ1n) is 10.2. The Hall–Kier alpha value is -1.47. The van der Waals surface area contributed by atoms with Crippen LogP contribution in [0.25, 0.3) is 0 Å². The third kappa shape index (κ3) is 6.28. The van der Waals surface area contributed by atoms with Crippen LogP contribution in [0, 0.1) is 0 Å². The fourth-order valence-corrected chi connectivity index (χ4v) is 5.25. The van der Waals surface area contributed by atoms with Gasteiger partial charge in [0.1, 0.15) is 0 Å². The van der Waals surface area contributed by atoms with Gasteiger partial charge in [-0.1, -0.05) is 6.92 Å². The first-order valence-corrected chi connectivity index (χ1v) is 11.8. The number of aryl methyl sites for hydroxylation is 4. The molecule has 0 aromatic carbocycles. The van der Waals surface area contributed by atoms with Crippen molar-refractivity contribution in [2.45, 2.75) is 65.2 Å². The minimum atomic E-state index is 0.830. The zero-order valence-electron chi connectivity index (χ0n) is 16.5. The van der Waals surface area contributed by atoms with Crippen LogP contribution >= 0.6 is 22.7 Å². The second-order valence-electron chi connectivity index (χ2n) is 6.80. The number of fused-ring (bicyclic) bond motifs is 1. The lowest BCUT2D eigenvalue weighted by Gasteiger charge is -2.10. The topological polar surface area (TPSA) is 62.2 Å². The third-order valence-electron chi connectivity index (χ3n) is 4.63. The van der Waals surface area contributed by atoms with Crippen LogP contribution in [0.15, 0.2) is 11.2 Å². The molecule has 2 aromatic heterocycles. The van der Waals surface area contributed by atoms with E-state index in [0.717, 1.165) is 51.3 Å². The summed E-state index contributed by atoms with van der Waals surface area (Å²) in [5, 5.41) is 9.25. The Kier molecular flexibility index (Phi) is 8.08. The molecule has 0 aliphatic heterocycles. The van der Waals surface area contributed by atoms with Gasteiger partial charge >= 0.3 is 0 Å². The van der Waals surface area contributed by atoms with Gasteiger partial charge in [0.2, 0.25) is 0 Å². The Labute approximate surface area is 170 Å². The number of rotatable bonds is 9. The molecule has 0 saturated heterocycles. The standard InChI is InChI=1S/C20H31N5S2/c1-3-15-14-24-18(26-15)11-13-23-20(21-4-2)22-12-7-10-19-25-16-8-5-6-9-17(16)27-19/h14H,3-13H2,1-2H3,(H2,21,22,23). The summed E-state index contributed by atoms with van der Waals surface area (Å²) in [7, 11) is 0. The highest BCUT2D eigenvalue weighted by molar-refractivity contribution is 7.12. The summed E-state index contributed by atoms with van der Waals surface area (Å²) in [5.41, 5.74) is 1.37. The first kappa shape index (κ1) is 20.3. The van der Waals surface area contributed by atoms with E-state index in [1.165, 1.54) is 51.1 Å². The lowest BCUT2D eigenvalue weighted by molar-refractivity contribution is 0.679. The van der Waals surface area contributed by atoms with Crippen LogP contribution in [0.5, 0.6) is 0 Å². The molecule has 3 rings (SSSR count). The minimum absolute atomic E-state index is 0.830. The maximum Gasteiger partial charge on any atom is 0.191 e. The average Bonchev–Trinajstić information content (AvgIpc) is 3.31. The number of hydrogen-bond acceptors (Lipinski definition) is 5. The molecule has 0 amide bonds. The predicted octanol–water partition coefficient (Wildman–Crippen LogP) is 3.77. The Bertz CT molecular complexity index is 711. The predicted molar refractivity (Wildman–Crippen MR) is 116 cm³/mol. The van der Waals surface area contributed by atoms with Gasteiger partial charge in [0.25, 0.3) is 0 Å². The van der Waals surface area contributed by atoms with E-state index in [1.54, 1.807) is 0 Å². The summed E-state index contributed by atoms with van der Waals surface area (Å²) in [6.07, 6.45) is 11.1. The molecule has 2 N–H and O–H groups in total. The summed E-state index contributed by atoms with van der Waals surface area (Å²) in [4.78, 5) is 16.9. The third-order valence-corrected chi connectivity index (χ3v) is 7.05. The summed E-state index contributed by atoms with van der Waals surface area (Å²) < 4.78 is 0. The van der Waals surface area contributed by atoms with Gasteiger partial charge in [-0.2, -0.15) is 0 Å². The molecule has 2 heterocycles. The van der Waals surface area contributed by atoms with Crippen molar-refractivity contribution in [3.05, 3.63) is 31.7 Å². The molecule has 1 aliphatic carbocycles. The highest BCUT2D eigenvalue weighted by atomic mass is 32.1. The second kappa shape index (κ2) is 10.8. The Morgan fingerprint density at radius 2 is 2.00 bits per heavy atom. The molecule has 0 atom stereocenters. The van der Waals surface area contributed by atoms with Gasteiger partial charge in [0, 0.05) is 48.4 Å². The van der Waals surface area contributed by atoms with Gasteiger partial charge in [-0.05, 0) is 45.4 Å². The quantitative estimate of drug-likeness (QED) is 0.379. The van der Waals surface area contributed by atoms with Gasteiger partial charge in [-0.15, -0.1) is 22.7 Å². The van der Waals surface area contributed by atoms with Crippen LogP contribution in [0.1, 0.15) is 58.6 Å². The molecule has 27 heavy (non-hydrogen) atoms. The summed E-state index contributed by atoms with van der Waals surface area (Å²) in [5.74, 6) is 0.906. The van der Waals surface area contributed by atoms with Gasteiger partial charge in [0.15, 0.2) is 5.96 Å². The molecule has 5 nitrogen and oxygen atoms in total. The number of nitrogens with one attached hydrogen (secondary N) is 2. The van der Waals surface area contributed by atoms with Gasteiger partial charge in [0.05, 0.1) is 15.7 Å². The lowest BCUT2D eigenvalue weighted by Crippen LogP contribution is -2.38. The molecule has 7 heteroatoms. The maximum absolute atomic E-state index is 4.83. The number of nitrogens with zero attached hydrogens (tertiary/aromatic N) is 3. The van der Waals surface area contributed by atoms with Gasteiger partial charge in [-0.3, -0.25) is 4.99 Å². The second-order valence-corrected chi connectivity index (χ2v) is 9.17. The molecule has 0 spiro atoms. The van der Waals surface area contributed by atoms with E-state index in [9.17, 15) is 0 Å². The molecular weight excluding hydrogens is 374 g/mol. The molecular formula is C20H31N5S2. The molecule has 0 fully saturated rings. The van der Waals surface area contributed by atoms with Crippen molar-refractivity contribution in [3.8, 4) is 0 Å². The zero-order valence-corrected chi connectivity index (χ0v) is 18.1. The van der Waals surface area contributed by atoms with Gasteiger partial charge < -0.3 is 10.6 Å². The van der Waals surface area contributed by atoms with Crippen molar-refractivity contribution in [2.75, 3.05) is 19.6 Å².